The first-order valence-corrected chi connectivity index (χ1v) is 8.72. The lowest BCUT2D eigenvalue weighted by Crippen LogP contribution is -2.44. The van der Waals surface area contributed by atoms with Crippen molar-refractivity contribution < 1.29 is 10.2 Å². The summed E-state index contributed by atoms with van der Waals surface area (Å²) < 4.78 is 0. The molecule has 1 aromatic carbocycles. The molecule has 0 saturated carbocycles. The van der Waals surface area contributed by atoms with Crippen LogP contribution < -0.4 is 0 Å². The Morgan fingerprint density at radius 1 is 1.28 bits per heavy atom. The second kappa shape index (κ2) is 7.52. The Hall–Kier alpha value is -1.95. The van der Waals surface area contributed by atoms with Gasteiger partial charge >= 0.3 is 0 Å². The van der Waals surface area contributed by atoms with E-state index >= 15 is 0 Å². The van der Waals surface area contributed by atoms with Gasteiger partial charge in [-0.05, 0) is 38.6 Å². The van der Waals surface area contributed by atoms with Crippen LogP contribution in [-0.2, 0) is 26.1 Å². The van der Waals surface area contributed by atoms with Gasteiger partial charge in [-0.1, -0.05) is 24.3 Å². The molecular formula is C20H27N3O2. The summed E-state index contributed by atoms with van der Waals surface area (Å²) in [6.07, 6.45) is 2.69. The Labute approximate surface area is 149 Å². The zero-order chi connectivity index (χ0) is 18.0. The van der Waals surface area contributed by atoms with E-state index < -0.39 is 0 Å². The molecule has 2 aromatic rings. The van der Waals surface area contributed by atoms with Gasteiger partial charge in [-0.15, -0.1) is 0 Å². The van der Waals surface area contributed by atoms with Crippen molar-refractivity contribution in [2.24, 2.45) is 0 Å². The average Bonchev–Trinajstić information content (AvgIpc) is 2.60. The van der Waals surface area contributed by atoms with E-state index in [4.69, 9.17) is 0 Å². The molecule has 134 valence electrons. The molecule has 5 nitrogen and oxygen atoms in total. The van der Waals surface area contributed by atoms with Gasteiger partial charge in [-0.3, -0.25) is 9.88 Å². The van der Waals surface area contributed by atoms with E-state index in [1.807, 2.05) is 0 Å². The first-order chi connectivity index (χ1) is 12.0. The fraction of sp³-hybridized carbons (Fsp3) is 0.450. The number of pyridine rings is 1. The number of aliphatic hydroxyl groups is 1. The number of hydrogen-bond acceptors (Lipinski definition) is 5. The van der Waals surface area contributed by atoms with Crippen LogP contribution in [0.3, 0.4) is 0 Å². The number of benzene rings is 1. The molecule has 3 rings (SSSR count). The average molecular weight is 341 g/mol. The van der Waals surface area contributed by atoms with E-state index in [1.54, 1.807) is 13.1 Å². The Bertz CT molecular complexity index is 748. The molecule has 0 fully saturated rings. The highest BCUT2D eigenvalue weighted by Crippen LogP contribution is 2.26. The molecule has 0 amide bonds. The third kappa shape index (κ3) is 3.84. The lowest BCUT2D eigenvalue weighted by Gasteiger charge is -2.36. The maximum Gasteiger partial charge on any atom is 0.141 e. The molecule has 1 atom stereocenters. The summed E-state index contributed by atoms with van der Waals surface area (Å²) in [4.78, 5) is 8.74. The molecular weight excluding hydrogens is 314 g/mol. The molecule has 25 heavy (non-hydrogen) atoms. The highest BCUT2D eigenvalue weighted by Gasteiger charge is 2.24. The van der Waals surface area contributed by atoms with Crippen molar-refractivity contribution in [2.75, 3.05) is 20.6 Å². The third-order valence-corrected chi connectivity index (χ3v) is 5.17. The number of aromatic hydroxyl groups is 1. The molecule has 0 unspecified atom stereocenters. The predicted octanol–water partition coefficient (Wildman–Crippen LogP) is 2.08. The van der Waals surface area contributed by atoms with Crippen LogP contribution in [0, 0.1) is 6.92 Å². The Morgan fingerprint density at radius 3 is 2.72 bits per heavy atom. The molecule has 0 radical (unpaired) electrons. The van der Waals surface area contributed by atoms with Crippen LogP contribution in [0.5, 0.6) is 5.75 Å². The summed E-state index contributed by atoms with van der Waals surface area (Å²) in [5.74, 6) is 0.195. The minimum absolute atomic E-state index is 0.110. The first-order valence-electron chi connectivity index (χ1n) is 8.72. The number of rotatable bonds is 5. The smallest absolute Gasteiger partial charge is 0.141 e. The predicted molar refractivity (Wildman–Crippen MR) is 98.3 cm³/mol. The monoisotopic (exact) mass is 341 g/mol. The van der Waals surface area contributed by atoms with Gasteiger partial charge in [0.2, 0.25) is 0 Å². The van der Waals surface area contributed by atoms with Crippen molar-refractivity contribution in [1.29, 1.82) is 0 Å². The van der Waals surface area contributed by atoms with E-state index in [1.165, 1.54) is 11.1 Å². The number of fused-ring (bicyclic) bond motifs is 1. The molecule has 0 aliphatic carbocycles. The summed E-state index contributed by atoms with van der Waals surface area (Å²) in [5, 5.41) is 19.9. The molecule has 1 aliphatic heterocycles. The van der Waals surface area contributed by atoms with Crippen molar-refractivity contribution in [1.82, 2.24) is 14.8 Å². The van der Waals surface area contributed by atoms with Crippen LogP contribution in [0.1, 0.15) is 27.9 Å². The number of aliphatic hydroxyl groups excluding tert-OH is 1. The summed E-state index contributed by atoms with van der Waals surface area (Å²) in [5.41, 5.74) is 4.91. The maximum absolute atomic E-state index is 10.3. The molecule has 1 aliphatic rings. The van der Waals surface area contributed by atoms with E-state index in [0.717, 1.165) is 25.1 Å². The van der Waals surface area contributed by atoms with Crippen molar-refractivity contribution in [2.45, 2.75) is 39.1 Å². The Morgan fingerprint density at radius 2 is 2.00 bits per heavy atom. The molecule has 2 heterocycles. The van der Waals surface area contributed by atoms with Gasteiger partial charge in [0.1, 0.15) is 5.75 Å². The maximum atomic E-state index is 10.3. The largest absolute Gasteiger partial charge is 0.506 e. The summed E-state index contributed by atoms with van der Waals surface area (Å²) in [6, 6.07) is 9.07. The third-order valence-electron chi connectivity index (χ3n) is 5.17. The van der Waals surface area contributed by atoms with Crippen LogP contribution >= 0.6 is 0 Å². The first kappa shape index (κ1) is 17.9. The van der Waals surface area contributed by atoms with Crippen LogP contribution in [0.2, 0.25) is 0 Å². The molecule has 0 spiro atoms. The van der Waals surface area contributed by atoms with Crippen molar-refractivity contribution in [3.8, 4) is 5.75 Å². The van der Waals surface area contributed by atoms with Gasteiger partial charge in [-0.2, -0.15) is 0 Å². The molecule has 0 bridgehead atoms. The number of hydrogen-bond donors (Lipinski definition) is 2. The molecule has 5 heteroatoms. The summed E-state index contributed by atoms with van der Waals surface area (Å²) in [7, 11) is 4.23. The normalized spacial score (nSPS) is 17.7. The highest BCUT2D eigenvalue weighted by atomic mass is 16.3. The van der Waals surface area contributed by atoms with Gasteiger partial charge in [0.15, 0.2) is 0 Å². The van der Waals surface area contributed by atoms with Gasteiger partial charge in [0.05, 0.1) is 12.3 Å². The van der Waals surface area contributed by atoms with Crippen molar-refractivity contribution in [3.05, 3.63) is 58.4 Å². The van der Waals surface area contributed by atoms with Gasteiger partial charge in [0.25, 0.3) is 0 Å². The van der Waals surface area contributed by atoms with E-state index in [9.17, 15) is 10.2 Å². The fourth-order valence-corrected chi connectivity index (χ4v) is 3.61. The highest BCUT2D eigenvalue weighted by molar-refractivity contribution is 5.40. The minimum atomic E-state index is -0.110. The molecule has 1 aromatic heterocycles. The van der Waals surface area contributed by atoms with Gasteiger partial charge < -0.3 is 15.1 Å². The Balaban J connectivity index is 1.71. The summed E-state index contributed by atoms with van der Waals surface area (Å²) in [6.45, 7) is 4.14. The Kier molecular flexibility index (Phi) is 5.37. The van der Waals surface area contributed by atoms with E-state index in [2.05, 4.69) is 53.1 Å². The van der Waals surface area contributed by atoms with Crippen LogP contribution in [0.15, 0.2) is 30.5 Å². The van der Waals surface area contributed by atoms with Gasteiger partial charge in [-0.25, -0.2) is 0 Å². The van der Waals surface area contributed by atoms with E-state index in [0.29, 0.717) is 23.8 Å². The number of nitrogens with zero attached hydrogens (tertiary/aromatic N) is 3. The molecule has 0 saturated heterocycles. The zero-order valence-corrected chi connectivity index (χ0v) is 15.2. The summed E-state index contributed by atoms with van der Waals surface area (Å²) >= 11 is 0. The lowest BCUT2D eigenvalue weighted by molar-refractivity contribution is 0.157. The quantitative estimate of drug-likeness (QED) is 0.872. The number of aromatic nitrogens is 1. The van der Waals surface area contributed by atoms with Crippen molar-refractivity contribution >= 4 is 0 Å². The fourth-order valence-electron chi connectivity index (χ4n) is 3.61. The number of likely N-dealkylation sites (N-methyl/N-ethyl adjacent to an activating group) is 2. The van der Waals surface area contributed by atoms with Gasteiger partial charge in [0, 0.05) is 43.0 Å². The second-order valence-electron chi connectivity index (χ2n) is 7.09. The zero-order valence-electron chi connectivity index (χ0n) is 15.2. The van der Waals surface area contributed by atoms with Crippen molar-refractivity contribution in [3.63, 3.8) is 0 Å². The van der Waals surface area contributed by atoms with Crippen LogP contribution in [0.4, 0.5) is 0 Å². The lowest BCUT2D eigenvalue weighted by atomic mass is 9.94. The number of aryl methyl sites for hydroxylation is 1. The topological polar surface area (TPSA) is 59.8 Å². The van der Waals surface area contributed by atoms with Crippen LogP contribution in [-0.4, -0.2) is 51.7 Å². The van der Waals surface area contributed by atoms with Crippen LogP contribution in [0.25, 0.3) is 0 Å². The molecule has 2 N–H and O–H groups in total. The van der Waals surface area contributed by atoms with E-state index in [-0.39, 0.29) is 12.4 Å². The minimum Gasteiger partial charge on any atom is -0.506 e. The second-order valence-corrected chi connectivity index (χ2v) is 7.09. The standard InChI is InChI=1S/C20H27N3O2/c1-14-20(25)19(17(13-24)9-21-14)12-22(2)11-18-8-15-6-4-5-7-16(15)10-23(18)3/h4-7,9,18,24-25H,8,10-13H2,1-3H3/t18-/m1/s1. The SMILES string of the molecule is Cc1ncc(CO)c(CN(C)C[C@H]2Cc3ccccc3CN2C)c1O.